The number of piperazine rings is 1. The van der Waals surface area contributed by atoms with Crippen molar-refractivity contribution in [2.75, 3.05) is 26.2 Å². The van der Waals surface area contributed by atoms with Gasteiger partial charge in [-0.25, -0.2) is 0 Å². The van der Waals surface area contributed by atoms with E-state index in [4.69, 9.17) is 4.74 Å². The Kier molecular flexibility index (Phi) is 5.52. The zero-order valence-electron chi connectivity index (χ0n) is 9.78. The van der Waals surface area contributed by atoms with Crippen LogP contribution in [0.1, 0.15) is 26.2 Å². The van der Waals surface area contributed by atoms with Crippen LogP contribution in [0.4, 0.5) is 0 Å². The Bertz CT molecular complexity index is 232. The van der Waals surface area contributed by atoms with Crippen molar-refractivity contribution in [3.05, 3.63) is 0 Å². The zero-order valence-corrected chi connectivity index (χ0v) is 10.6. The molecule has 94 valence electrons. The average molecular weight is 249 g/mol. The highest BCUT2D eigenvalue weighted by molar-refractivity contribution is 5.85. The van der Waals surface area contributed by atoms with Crippen molar-refractivity contribution in [2.45, 2.75) is 38.3 Å². The van der Waals surface area contributed by atoms with Crippen molar-refractivity contribution in [3.63, 3.8) is 0 Å². The van der Waals surface area contributed by atoms with E-state index < -0.39 is 0 Å². The number of hydrogen-bond donors (Lipinski definition) is 1. The van der Waals surface area contributed by atoms with Crippen LogP contribution in [0, 0.1) is 0 Å². The maximum atomic E-state index is 12.1. The molecule has 0 aromatic rings. The predicted molar refractivity (Wildman–Crippen MR) is 64.9 cm³/mol. The number of ether oxygens (including phenoxy) is 1. The van der Waals surface area contributed by atoms with Crippen molar-refractivity contribution in [2.24, 2.45) is 0 Å². The first-order chi connectivity index (χ1) is 7.27. The third-order valence-electron chi connectivity index (χ3n) is 3.14. The molecule has 2 saturated heterocycles. The van der Waals surface area contributed by atoms with E-state index in [1.807, 2.05) is 4.90 Å². The largest absolute Gasteiger partial charge is 0.368 e. The summed E-state index contributed by atoms with van der Waals surface area (Å²) in [5.41, 5.74) is 0. The minimum Gasteiger partial charge on any atom is -0.368 e. The van der Waals surface area contributed by atoms with Gasteiger partial charge < -0.3 is 15.0 Å². The Morgan fingerprint density at radius 3 is 2.88 bits per heavy atom. The third kappa shape index (κ3) is 3.34. The number of amides is 1. The summed E-state index contributed by atoms with van der Waals surface area (Å²) in [4.78, 5) is 14.0. The molecule has 2 heterocycles. The van der Waals surface area contributed by atoms with Crippen LogP contribution in [0.15, 0.2) is 0 Å². The van der Waals surface area contributed by atoms with Gasteiger partial charge in [0.1, 0.15) is 6.10 Å². The quantitative estimate of drug-likeness (QED) is 0.746. The van der Waals surface area contributed by atoms with Gasteiger partial charge in [0.25, 0.3) is 5.91 Å². The van der Waals surface area contributed by atoms with E-state index in [0.29, 0.717) is 6.04 Å². The first-order valence-electron chi connectivity index (χ1n) is 5.91. The topological polar surface area (TPSA) is 41.6 Å². The lowest BCUT2D eigenvalue weighted by Gasteiger charge is -2.35. The van der Waals surface area contributed by atoms with Gasteiger partial charge in [-0.15, -0.1) is 12.4 Å². The molecule has 0 saturated carbocycles. The molecule has 0 aromatic carbocycles. The summed E-state index contributed by atoms with van der Waals surface area (Å²) in [5.74, 6) is 0.197. The first kappa shape index (κ1) is 13.7. The van der Waals surface area contributed by atoms with Gasteiger partial charge in [-0.1, -0.05) is 0 Å². The molecule has 0 spiro atoms. The molecule has 1 N–H and O–H groups in total. The minimum absolute atomic E-state index is 0. The van der Waals surface area contributed by atoms with Crippen molar-refractivity contribution < 1.29 is 9.53 Å². The molecule has 16 heavy (non-hydrogen) atoms. The molecule has 1 unspecified atom stereocenters. The van der Waals surface area contributed by atoms with E-state index in [0.717, 1.165) is 45.5 Å². The lowest BCUT2D eigenvalue weighted by Crippen LogP contribution is -2.54. The molecule has 0 bridgehead atoms. The van der Waals surface area contributed by atoms with Crippen LogP contribution < -0.4 is 5.32 Å². The second kappa shape index (κ2) is 6.42. The highest BCUT2D eigenvalue weighted by atomic mass is 35.5. The van der Waals surface area contributed by atoms with Crippen molar-refractivity contribution >= 4 is 18.3 Å². The van der Waals surface area contributed by atoms with Gasteiger partial charge in [-0.05, 0) is 26.2 Å². The van der Waals surface area contributed by atoms with Crippen LogP contribution in [0.25, 0.3) is 0 Å². The summed E-state index contributed by atoms with van der Waals surface area (Å²) in [6.45, 7) is 5.40. The Morgan fingerprint density at radius 1 is 1.44 bits per heavy atom. The van der Waals surface area contributed by atoms with Gasteiger partial charge in [-0.3, -0.25) is 4.79 Å². The lowest BCUT2D eigenvalue weighted by atomic mass is 10.1. The van der Waals surface area contributed by atoms with Crippen molar-refractivity contribution in [1.29, 1.82) is 0 Å². The van der Waals surface area contributed by atoms with E-state index in [2.05, 4.69) is 12.2 Å². The van der Waals surface area contributed by atoms with Crippen LogP contribution in [0.5, 0.6) is 0 Å². The maximum absolute atomic E-state index is 12.1. The molecule has 0 aliphatic carbocycles. The van der Waals surface area contributed by atoms with Gasteiger partial charge in [0.05, 0.1) is 0 Å². The molecule has 1 amide bonds. The molecule has 0 radical (unpaired) electrons. The van der Waals surface area contributed by atoms with E-state index in [1.165, 1.54) is 0 Å². The highest BCUT2D eigenvalue weighted by Crippen LogP contribution is 2.15. The summed E-state index contributed by atoms with van der Waals surface area (Å²) in [6, 6.07) is 0.409. The van der Waals surface area contributed by atoms with Crippen LogP contribution in [0.2, 0.25) is 0 Å². The van der Waals surface area contributed by atoms with E-state index >= 15 is 0 Å². The molecule has 2 aliphatic heterocycles. The Hall–Kier alpha value is -0.320. The molecule has 2 atom stereocenters. The fraction of sp³-hybridized carbons (Fsp3) is 0.909. The summed E-state index contributed by atoms with van der Waals surface area (Å²) in [6.07, 6.45) is 2.96. The second-order valence-electron chi connectivity index (χ2n) is 4.49. The number of halogens is 1. The molecule has 4 nitrogen and oxygen atoms in total. The van der Waals surface area contributed by atoms with Crippen LogP contribution in [0.3, 0.4) is 0 Å². The molecule has 5 heteroatoms. The lowest BCUT2D eigenvalue weighted by molar-refractivity contribution is -0.147. The molecular formula is C11H21ClN2O2. The van der Waals surface area contributed by atoms with Gasteiger partial charge >= 0.3 is 0 Å². The molecule has 0 aromatic heterocycles. The van der Waals surface area contributed by atoms with Crippen LogP contribution in [-0.2, 0) is 9.53 Å². The normalized spacial score (nSPS) is 30.7. The number of nitrogens with one attached hydrogen (secondary N) is 1. The van der Waals surface area contributed by atoms with E-state index in [9.17, 15) is 4.79 Å². The predicted octanol–water partition coefficient (Wildman–Crippen LogP) is 0.798. The third-order valence-corrected chi connectivity index (χ3v) is 3.14. The number of rotatable bonds is 1. The van der Waals surface area contributed by atoms with E-state index in [-0.39, 0.29) is 24.4 Å². The fourth-order valence-corrected chi connectivity index (χ4v) is 2.27. The SMILES string of the molecule is C[C@H]1CN(C(=O)C2CCCCO2)CCN1.Cl. The summed E-state index contributed by atoms with van der Waals surface area (Å²) >= 11 is 0. The van der Waals surface area contributed by atoms with Gasteiger partial charge in [-0.2, -0.15) is 0 Å². The van der Waals surface area contributed by atoms with Gasteiger partial charge in [0.15, 0.2) is 0 Å². The second-order valence-corrected chi connectivity index (χ2v) is 4.49. The van der Waals surface area contributed by atoms with E-state index in [1.54, 1.807) is 0 Å². The smallest absolute Gasteiger partial charge is 0.251 e. The Morgan fingerprint density at radius 2 is 2.25 bits per heavy atom. The summed E-state index contributed by atoms with van der Waals surface area (Å²) in [7, 11) is 0. The molecular weight excluding hydrogens is 228 g/mol. The molecule has 2 rings (SSSR count). The molecule has 2 aliphatic rings. The highest BCUT2D eigenvalue weighted by Gasteiger charge is 2.28. The number of nitrogens with zero attached hydrogens (tertiary/aromatic N) is 1. The Labute approximate surface area is 103 Å². The van der Waals surface area contributed by atoms with Crippen molar-refractivity contribution in [1.82, 2.24) is 10.2 Å². The van der Waals surface area contributed by atoms with Crippen LogP contribution >= 0.6 is 12.4 Å². The fourth-order valence-electron chi connectivity index (χ4n) is 2.27. The summed E-state index contributed by atoms with van der Waals surface area (Å²) in [5, 5.41) is 3.34. The number of carbonyl (C=O) groups is 1. The molecule has 2 fully saturated rings. The maximum Gasteiger partial charge on any atom is 0.251 e. The standard InChI is InChI=1S/C11H20N2O2.ClH/c1-9-8-13(6-5-12-9)11(14)10-4-2-3-7-15-10;/h9-10,12H,2-8H2,1H3;1H/t9-,10?;/m0./s1. The van der Waals surface area contributed by atoms with Gasteiger partial charge in [0.2, 0.25) is 0 Å². The number of carbonyl (C=O) groups excluding carboxylic acids is 1. The summed E-state index contributed by atoms with van der Waals surface area (Å²) < 4.78 is 5.52. The van der Waals surface area contributed by atoms with Gasteiger partial charge in [0, 0.05) is 32.3 Å². The Balaban J connectivity index is 0.00000128. The number of hydrogen-bond acceptors (Lipinski definition) is 3. The first-order valence-corrected chi connectivity index (χ1v) is 5.91. The van der Waals surface area contributed by atoms with Crippen LogP contribution in [-0.4, -0.2) is 49.2 Å². The van der Waals surface area contributed by atoms with Crippen molar-refractivity contribution in [3.8, 4) is 0 Å². The minimum atomic E-state index is -0.163. The average Bonchev–Trinajstić information content (AvgIpc) is 2.29. The monoisotopic (exact) mass is 248 g/mol. The zero-order chi connectivity index (χ0) is 10.7.